The third kappa shape index (κ3) is 3.35. The molecule has 2 aromatic rings. The van der Waals surface area contributed by atoms with Crippen LogP contribution in [0.25, 0.3) is 0 Å². The van der Waals surface area contributed by atoms with Gasteiger partial charge in [-0.3, -0.25) is 4.79 Å². The largest absolute Gasteiger partial charge is 0.482 e. The lowest BCUT2D eigenvalue weighted by molar-refractivity contribution is -0.139. The van der Waals surface area contributed by atoms with Crippen LogP contribution in [0.5, 0.6) is 5.75 Å². The normalized spacial score (nSPS) is 10.1. The summed E-state index contributed by atoms with van der Waals surface area (Å²) in [6.45, 7) is 1.26. The molecule has 0 saturated carbocycles. The third-order valence-corrected chi connectivity index (χ3v) is 2.41. The lowest BCUT2D eigenvalue weighted by Gasteiger charge is -2.07. The van der Waals surface area contributed by atoms with Crippen molar-refractivity contribution in [2.45, 2.75) is 6.92 Å². The predicted molar refractivity (Wildman–Crippen MR) is 68.8 cm³/mol. The third-order valence-electron chi connectivity index (χ3n) is 2.41. The maximum Gasteiger partial charge on any atom is 0.341 e. The number of carbonyl (C=O) groups is 2. The van der Waals surface area contributed by atoms with E-state index in [4.69, 9.17) is 14.4 Å². The van der Waals surface area contributed by atoms with Gasteiger partial charge in [-0.2, -0.15) is 0 Å². The number of ether oxygens (including phenoxy) is 1. The average Bonchev–Trinajstić information content (AvgIpc) is 2.83. The molecular formula is C13H12N2O5. The van der Waals surface area contributed by atoms with Crippen molar-refractivity contribution in [3.05, 3.63) is 41.8 Å². The number of aromatic nitrogens is 1. The summed E-state index contributed by atoms with van der Waals surface area (Å²) < 4.78 is 9.85. The quantitative estimate of drug-likeness (QED) is 0.861. The Morgan fingerprint density at radius 2 is 2.25 bits per heavy atom. The molecule has 7 heteroatoms. The molecule has 2 N–H and O–H groups in total. The molecule has 0 radical (unpaired) electrons. The van der Waals surface area contributed by atoms with Crippen molar-refractivity contribution in [2.24, 2.45) is 0 Å². The van der Waals surface area contributed by atoms with E-state index in [9.17, 15) is 9.59 Å². The number of nitrogens with one attached hydrogen (secondary N) is 1. The van der Waals surface area contributed by atoms with Crippen molar-refractivity contribution in [2.75, 3.05) is 11.9 Å². The van der Waals surface area contributed by atoms with Gasteiger partial charge in [-0.1, -0.05) is 11.2 Å². The zero-order valence-electron chi connectivity index (χ0n) is 10.6. The molecule has 0 aliphatic heterocycles. The number of nitrogens with zero attached hydrogens (tertiary/aromatic N) is 1. The number of anilines is 1. The van der Waals surface area contributed by atoms with Gasteiger partial charge in [0.25, 0.3) is 5.91 Å². The standard InChI is InChI=1S/C13H12N2O5/c1-8-6-14-20-12(8)13(18)15-9-3-2-4-10(5-9)19-7-11(16)17/h2-6H,7H2,1H3,(H,15,18)(H,16,17). The van der Waals surface area contributed by atoms with Crippen molar-refractivity contribution in [1.29, 1.82) is 0 Å². The number of aliphatic carboxylic acids is 1. The summed E-state index contributed by atoms with van der Waals surface area (Å²) in [5.41, 5.74) is 1.09. The minimum Gasteiger partial charge on any atom is -0.482 e. The van der Waals surface area contributed by atoms with Crippen LogP contribution in [0.3, 0.4) is 0 Å². The molecule has 1 amide bonds. The molecule has 1 heterocycles. The summed E-state index contributed by atoms with van der Waals surface area (Å²) in [7, 11) is 0. The van der Waals surface area contributed by atoms with Crippen molar-refractivity contribution in [1.82, 2.24) is 5.16 Å². The van der Waals surface area contributed by atoms with Gasteiger partial charge in [-0.25, -0.2) is 4.79 Å². The Kier molecular flexibility index (Phi) is 3.99. The fourth-order valence-corrected chi connectivity index (χ4v) is 1.51. The number of carbonyl (C=O) groups excluding carboxylic acids is 1. The summed E-state index contributed by atoms with van der Waals surface area (Å²) in [5.74, 6) is -1.03. The van der Waals surface area contributed by atoms with E-state index in [0.717, 1.165) is 0 Å². The van der Waals surface area contributed by atoms with Crippen LogP contribution in [0.15, 0.2) is 35.0 Å². The monoisotopic (exact) mass is 276 g/mol. The van der Waals surface area contributed by atoms with Gasteiger partial charge in [-0.15, -0.1) is 0 Å². The van der Waals surface area contributed by atoms with Crippen LogP contribution in [-0.2, 0) is 4.79 Å². The highest BCUT2D eigenvalue weighted by Crippen LogP contribution is 2.18. The Morgan fingerprint density at radius 1 is 1.45 bits per heavy atom. The number of carboxylic acids is 1. The van der Waals surface area contributed by atoms with Crippen LogP contribution >= 0.6 is 0 Å². The molecule has 7 nitrogen and oxygen atoms in total. The molecular weight excluding hydrogens is 264 g/mol. The van der Waals surface area contributed by atoms with Crippen LogP contribution in [0, 0.1) is 6.92 Å². The van der Waals surface area contributed by atoms with Crippen molar-refractivity contribution in [3.63, 3.8) is 0 Å². The second-order valence-electron chi connectivity index (χ2n) is 4.00. The fraction of sp³-hybridized carbons (Fsp3) is 0.154. The summed E-state index contributed by atoms with van der Waals surface area (Å²) >= 11 is 0. The molecule has 20 heavy (non-hydrogen) atoms. The van der Waals surface area contributed by atoms with E-state index in [1.807, 2.05) is 0 Å². The Bertz CT molecular complexity index is 635. The first-order chi connectivity index (χ1) is 9.56. The molecule has 0 aliphatic carbocycles. The average molecular weight is 276 g/mol. The zero-order chi connectivity index (χ0) is 14.5. The molecule has 0 fully saturated rings. The van der Waals surface area contributed by atoms with E-state index >= 15 is 0 Å². The minimum absolute atomic E-state index is 0.127. The van der Waals surface area contributed by atoms with E-state index in [0.29, 0.717) is 17.0 Å². The zero-order valence-corrected chi connectivity index (χ0v) is 10.6. The maximum atomic E-state index is 11.9. The summed E-state index contributed by atoms with van der Waals surface area (Å²) in [6.07, 6.45) is 1.45. The molecule has 0 spiro atoms. The number of benzene rings is 1. The van der Waals surface area contributed by atoms with Gasteiger partial charge in [0.15, 0.2) is 6.61 Å². The van der Waals surface area contributed by atoms with Gasteiger partial charge in [0.05, 0.1) is 6.20 Å². The summed E-state index contributed by atoms with van der Waals surface area (Å²) in [6, 6.07) is 6.40. The van der Waals surface area contributed by atoms with Gasteiger partial charge in [0.1, 0.15) is 5.75 Å². The van der Waals surface area contributed by atoms with Crippen LogP contribution in [-0.4, -0.2) is 28.7 Å². The van der Waals surface area contributed by atoms with E-state index in [1.54, 1.807) is 25.1 Å². The van der Waals surface area contributed by atoms with E-state index in [-0.39, 0.29) is 5.76 Å². The number of rotatable bonds is 5. The minimum atomic E-state index is -1.07. The first-order valence-electron chi connectivity index (χ1n) is 5.73. The molecule has 0 atom stereocenters. The molecule has 1 aromatic heterocycles. The van der Waals surface area contributed by atoms with Crippen LogP contribution < -0.4 is 10.1 Å². The first-order valence-corrected chi connectivity index (χ1v) is 5.73. The Balaban J connectivity index is 2.06. The van der Waals surface area contributed by atoms with Crippen molar-refractivity contribution >= 4 is 17.6 Å². The number of carboxylic acid groups (broad SMARTS) is 1. The van der Waals surface area contributed by atoms with E-state index in [1.165, 1.54) is 12.3 Å². The van der Waals surface area contributed by atoms with Gasteiger partial charge >= 0.3 is 5.97 Å². The fourth-order valence-electron chi connectivity index (χ4n) is 1.51. The smallest absolute Gasteiger partial charge is 0.341 e. The molecule has 0 bridgehead atoms. The number of aryl methyl sites for hydroxylation is 1. The molecule has 104 valence electrons. The highest BCUT2D eigenvalue weighted by molar-refractivity contribution is 6.03. The van der Waals surface area contributed by atoms with Gasteiger partial charge in [0, 0.05) is 17.3 Å². The first kappa shape index (κ1) is 13.6. The Hall–Kier alpha value is -2.83. The van der Waals surface area contributed by atoms with E-state index in [2.05, 4.69) is 10.5 Å². The van der Waals surface area contributed by atoms with Crippen molar-refractivity contribution in [3.8, 4) is 5.75 Å². The Morgan fingerprint density at radius 3 is 2.90 bits per heavy atom. The number of hydrogen-bond acceptors (Lipinski definition) is 5. The number of amides is 1. The van der Waals surface area contributed by atoms with Crippen LogP contribution in [0.2, 0.25) is 0 Å². The summed E-state index contributed by atoms with van der Waals surface area (Å²) in [5, 5.41) is 14.7. The van der Waals surface area contributed by atoms with Crippen molar-refractivity contribution < 1.29 is 24.0 Å². The second-order valence-corrected chi connectivity index (χ2v) is 4.00. The van der Waals surface area contributed by atoms with Crippen LogP contribution in [0.1, 0.15) is 16.1 Å². The van der Waals surface area contributed by atoms with Crippen LogP contribution in [0.4, 0.5) is 5.69 Å². The molecule has 0 unspecified atom stereocenters. The number of hydrogen-bond donors (Lipinski definition) is 2. The van der Waals surface area contributed by atoms with Gasteiger partial charge < -0.3 is 19.7 Å². The molecule has 0 saturated heterocycles. The second kappa shape index (κ2) is 5.87. The molecule has 1 aromatic carbocycles. The Labute approximate surface area is 114 Å². The topological polar surface area (TPSA) is 102 Å². The van der Waals surface area contributed by atoms with Gasteiger partial charge in [-0.05, 0) is 19.1 Å². The molecule has 0 aliphatic rings. The highest BCUT2D eigenvalue weighted by Gasteiger charge is 2.14. The SMILES string of the molecule is Cc1cnoc1C(=O)Nc1cccc(OCC(=O)O)c1. The molecule has 2 rings (SSSR count). The lowest BCUT2D eigenvalue weighted by Crippen LogP contribution is -2.13. The maximum absolute atomic E-state index is 11.9. The lowest BCUT2D eigenvalue weighted by atomic mass is 10.2. The van der Waals surface area contributed by atoms with E-state index < -0.39 is 18.5 Å². The summed E-state index contributed by atoms with van der Waals surface area (Å²) in [4.78, 5) is 22.3. The highest BCUT2D eigenvalue weighted by atomic mass is 16.5. The van der Waals surface area contributed by atoms with Gasteiger partial charge in [0.2, 0.25) is 5.76 Å². The predicted octanol–water partition coefficient (Wildman–Crippen LogP) is 1.70.